The van der Waals surface area contributed by atoms with Gasteiger partial charge in [-0.25, -0.2) is 0 Å². The van der Waals surface area contributed by atoms with Crippen LogP contribution in [0.1, 0.15) is 20.8 Å². The molecule has 0 amide bonds. The van der Waals surface area contributed by atoms with Crippen LogP contribution in [0.5, 0.6) is 0 Å². The third kappa shape index (κ3) is 4.94. The molecule has 0 rings (SSSR count). The first-order valence-corrected chi connectivity index (χ1v) is 6.24. The van der Waals surface area contributed by atoms with Gasteiger partial charge in [0.2, 0.25) is 0 Å². The fraction of sp³-hybridized carbons (Fsp3) is 1.00. The summed E-state index contributed by atoms with van der Waals surface area (Å²) in [5.74, 6) is 0. The van der Waals surface area contributed by atoms with Crippen LogP contribution in [0.25, 0.3) is 0 Å². The third-order valence-electron chi connectivity index (χ3n) is 0.750. The molecule has 0 nitrogen and oxygen atoms in total. The number of hydrogen-bond donors (Lipinski definition) is 0. The Labute approximate surface area is 56.3 Å². The van der Waals surface area contributed by atoms with E-state index in [2.05, 4.69) is 20.8 Å². The Balaban J connectivity index is 3.17. The van der Waals surface area contributed by atoms with Crippen LogP contribution in [0.15, 0.2) is 0 Å². The van der Waals surface area contributed by atoms with Crippen molar-refractivity contribution in [3.8, 4) is 0 Å². The van der Waals surface area contributed by atoms with E-state index < -0.39 is 0 Å². The maximum atomic E-state index is 2.29. The van der Waals surface area contributed by atoms with Gasteiger partial charge in [-0.15, -0.1) is 0 Å². The van der Waals surface area contributed by atoms with Crippen molar-refractivity contribution >= 4 is 0 Å². The van der Waals surface area contributed by atoms with Gasteiger partial charge < -0.3 is 0 Å². The summed E-state index contributed by atoms with van der Waals surface area (Å²) in [7, 11) is 0. The molecule has 0 aliphatic rings. The SMILES string of the molecule is CC(C)(C)[CH2][Hg+]. The summed E-state index contributed by atoms with van der Waals surface area (Å²) in [5.41, 5.74) is 0.628. The molecule has 0 aliphatic heterocycles. The second-order valence-electron chi connectivity index (χ2n) is 2.81. The molecular formula is C5H11Hg+. The van der Waals surface area contributed by atoms with E-state index in [9.17, 15) is 0 Å². The molecule has 0 fully saturated rings. The van der Waals surface area contributed by atoms with Crippen LogP contribution in [0, 0.1) is 5.41 Å². The zero-order valence-corrected chi connectivity index (χ0v) is 10.4. The molecule has 1 heteroatoms. The Morgan fingerprint density at radius 1 is 1.33 bits per heavy atom. The van der Waals surface area contributed by atoms with Crippen LogP contribution in [0.3, 0.4) is 0 Å². The van der Waals surface area contributed by atoms with E-state index in [1.807, 2.05) is 0 Å². The Kier molecular flexibility index (Phi) is 2.65. The first-order valence-electron chi connectivity index (χ1n) is 2.35. The molecule has 0 N–H and O–H groups in total. The zero-order chi connectivity index (χ0) is 5.21. The topological polar surface area (TPSA) is 0 Å². The number of rotatable bonds is 0. The van der Waals surface area contributed by atoms with Crippen LogP contribution in [-0.4, -0.2) is 0 Å². The average molecular weight is 272 g/mol. The molecule has 0 spiro atoms. The molecule has 32 valence electrons. The van der Waals surface area contributed by atoms with E-state index in [0.29, 0.717) is 5.41 Å². The molecule has 0 radical (unpaired) electrons. The van der Waals surface area contributed by atoms with Crippen LogP contribution in [0.2, 0.25) is 3.93 Å². The van der Waals surface area contributed by atoms with Crippen molar-refractivity contribution < 1.29 is 26.1 Å². The first kappa shape index (κ1) is 6.94. The fourth-order valence-corrected chi connectivity index (χ4v) is 0. The van der Waals surface area contributed by atoms with Crippen molar-refractivity contribution in [3.05, 3.63) is 0 Å². The van der Waals surface area contributed by atoms with E-state index in [-0.39, 0.29) is 0 Å². The molecule has 0 aromatic heterocycles. The third-order valence-corrected chi connectivity index (χ3v) is 6.58. The Morgan fingerprint density at radius 2 is 1.50 bits per heavy atom. The van der Waals surface area contributed by atoms with Crippen molar-refractivity contribution in [1.82, 2.24) is 0 Å². The number of hydrogen-bond acceptors (Lipinski definition) is 0. The molecule has 0 aromatic rings. The van der Waals surface area contributed by atoms with Crippen molar-refractivity contribution in [2.75, 3.05) is 0 Å². The Bertz CT molecular complexity index is 33.7. The zero-order valence-electron chi connectivity index (χ0n) is 4.91. The van der Waals surface area contributed by atoms with Gasteiger partial charge in [0.15, 0.2) is 0 Å². The molecule has 0 aromatic carbocycles. The van der Waals surface area contributed by atoms with E-state index >= 15 is 0 Å². The molecule has 0 atom stereocenters. The summed E-state index contributed by atoms with van der Waals surface area (Å²) in [6.07, 6.45) is 0. The van der Waals surface area contributed by atoms with Crippen molar-refractivity contribution in [3.63, 3.8) is 0 Å². The molecule has 0 heterocycles. The van der Waals surface area contributed by atoms with E-state index in [1.165, 1.54) is 3.93 Å². The summed E-state index contributed by atoms with van der Waals surface area (Å²) in [6, 6.07) is 0. The first-order chi connectivity index (χ1) is 2.56. The molecule has 0 unspecified atom stereocenters. The molecule has 0 saturated heterocycles. The maximum absolute atomic E-state index is 2.29. The summed E-state index contributed by atoms with van der Waals surface area (Å²) < 4.78 is 1.47. The van der Waals surface area contributed by atoms with Gasteiger partial charge in [0.05, 0.1) is 0 Å². The van der Waals surface area contributed by atoms with Crippen LogP contribution in [-0.2, 0) is 26.1 Å². The fourth-order valence-electron chi connectivity index (χ4n) is 0. The van der Waals surface area contributed by atoms with E-state index in [1.54, 1.807) is 0 Å². The molecule has 0 bridgehead atoms. The summed E-state index contributed by atoms with van der Waals surface area (Å²) in [6.45, 7) is 6.88. The normalized spacial score (nSPS) is 12.2. The van der Waals surface area contributed by atoms with Crippen molar-refractivity contribution in [2.24, 2.45) is 5.41 Å². The second kappa shape index (κ2) is 2.30. The van der Waals surface area contributed by atoms with E-state index in [0.717, 1.165) is 26.1 Å². The molecule has 6 heavy (non-hydrogen) atoms. The van der Waals surface area contributed by atoms with Gasteiger partial charge in [-0.3, -0.25) is 0 Å². The molecule has 0 saturated carbocycles. The van der Waals surface area contributed by atoms with Crippen molar-refractivity contribution in [2.45, 2.75) is 24.7 Å². The molecule has 0 aliphatic carbocycles. The summed E-state index contributed by atoms with van der Waals surface area (Å²) in [5, 5.41) is 0. The van der Waals surface area contributed by atoms with Crippen LogP contribution in [0.4, 0.5) is 0 Å². The monoisotopic (exact) mass is 273 g/mol. The summed E-state index contributed by atoms with van der Waals surface area (Å²) >= 11 is 1.00. The minimum absolute atomic E-state index is 0.628. The van der Waals surface area contributed by atoms with Gasteiger partial charge in [0.1, 0.15) is 0 Å². The minimum atomic E-state index is 0.628. The summed E-state index contributed by atoms with van der Waals surface area (Å²) in [4.78, 5) is 0. The quantitative estimate of drug-likeness (QED) is 0.591. The van der Waals surface area contributed by atoms with Crippen LogP contribution >= 0.6 is 0 Å². The average Bonchev–Trinajstić information content (AvgIpc) is 1.35. The van der Waals surface area contributed by atoms with Gasteiger partial charge in [-0.1, -0.05) is 0 Å². The Hall–Kier alpha value is 0.935. The molecular weight excluding hydrogens is 261 g/mol. The van der Waals surface area contributed by atoms with Gasteiger partial charge in [0.25, 0.3) is 0 Å². The van der Waals surface area contributed by atoms with Gasteiger partial charge in [-0.05, 0) is 0 Å². The van der Waals surface area contributed by atoms with Crippen molar-refractivity contribution in [1.29, 1.82) is 0 Å². The second-order valence-corrected chi connectivity index (χ2v) is 4.75. The van der Waals surface area contributed by atoms with Gasteiger partial charge >= 0.3 is 56.2 Å². The van der Waals surface area contributed by atoms with Crippen LogP contribution < -0.4 is 0 Å². The predicted octanol–water partition coefficient (Wildman–Crippen LogP) is 2.00. The standard InChI is InChI=1S/C5H11.Hg/c1-5(2,3)4;/h1H2,2-4H3;/q;+1. The predicted molar refractivity (Wildman–Crippen MR) is 24.3 cm³/mol. The van der Waals surface area contributed by atoms with E-state index in [4.69, 9.17) is 0 Å². The van der Waals surface area contributed by atoms with Gasteiger partial charge in [-0.2, -0.15) is 0 Å². The Morgan fingerprint density at radius 3 is 1.50 bits per heavy atom. The van der Waals surface area contributed by atoms with Gasteiger partial charge in [0, 0.05) is 0 Å².